The van der Waals surface area contributed by atoms with Gasteiger partial charge in [-0.15, -0.1) is 0 Å². The summed E-state index contributed by atoms with van der Waals surface area (Å²) in [6.07, 6.45) is 4.12. The summed E-state index contributed by atoms with van der Waals surface area (Å²) < 4.78 is 10.9. The summed E-state index contributed by atoms with van der Waals surface area (Å²) in [6.45, 7) is 3.58. The molecule has 2 aliphatic rings. The van der Waals surface area contributed by atoms with E-state index in [9.17, 15) is 5.11 Å². The third kappa shape index (κ3) is 3.62. The molecule has 0 radical (unpaired) electrons. The van der Waals surface area contributed by atoms with Crippen LogP contribution in [0.15, 0.2) is 24.3 Å². The van der Waals surface area contributed by atoms with E-state index in [1.165, 1.54) is 5.56 Å². The second-order valence-electron chi connectivity index (χ2n) is 6.44. The molecular weight excluding hydrogens is 278 g/mol. The molecule has 1 aliphatic heterocycles. The van der Waals surface area contributed by atoms with Gasteiger partial charge in [0.05, 0.1) is 26.4 Å². The minimum Gasteiger partial charge on any atom is -0.497 e. The van der Waals surface area contributed by atoms with Crippen molar-refractivity contribution in [2.45, 2.75) is 37.8 Å². The standard InChI is InChI=1S/C18H27NO3/c1-21-15-7-5-14(6-8-15)9-10-19-11-12-22-13-17(19)16-3-2-4-18(16)20/h5-8,16-18,20H,2-4,9-13H2,1H3/t16-,17+,18-/m0/s1. The first-order valence-corrected chi connectivity index (χ1v) is 8.40. The van der Waals surface area contributed by atoms with E-state index in [1.807, 2.05) is 12.1 Å². The van der Waals surface area contributed by atoms with Gasteiger partial charge in [0.25, 0.3) is 0 Å². The fourth-order valence-corrected chi connectivity index (χ4v) is 3.81. The van der Waals surface area contributed by atoms with Crippen molar-refractivity contribution in [3.05, 3.63) is 29.8 Å². The van der Waals surface area contributed by atoms with Crippen molar-refractivity contribution in [2.75, 3.05) is 33.4 Å². The molecule has 1 saturated carbocycles. The molecule has 22 heavy (non-hydrogen) atoms. The molecule has 122 valence electrons. The Bertz CT molecular complexity index is 462. The van der Waals surface area contributed by atoms with E-state index in [2.05, 4.69) is 17.0 Å². The lowest BCUT2D eigenvalue weighted by Gasteiger charge is -2.40. The molecule has 1 aliphatic carbocycles. The van der Waals surface area contributed by atoms with Crippen LogP contribution in [0.4, 0.5) is 0 Å². The fourth-order valence-electron chi connectivity index (χ4n) is 3.81. The number of ether oxygens (including phenoxy) is 2. The summed E-state index contributed by atoms with van der Waals surface area (Å²) in [5.41, 5.74) is 1.33. The lowest BCUT2D eigenvalue weighted by atomic mass is 9.94. The Balaban J connectivity index is 1.58. The number of hydrogen-bond acceptors (Lipinski definition) is 4. The maximum Gasteiger partial charge on any atom is 0.118 e. The zero-order chi connectivity index (χ0) is 15.4. The molecular formula is C18H27NO3. The summed E-state index contributed by atoms with van der Waals surface area (Å²) in [5, 5.41) is 10.2. The molecule has 0 unspecified atom stereocenters. The van der Waals surface area contributed by atoms with E-state index < -0.39 is 0 Å². The van der Waals surface area contributed by atoms with Gasteiger partial charge < -0.3 is 14.6 Å². The Hall–Kier alpha value is -1.10. The molecule has 2 fully saturated rings. The van der Waals surface area contributed by atoms with Crippen LogP contribution in [-0.4, -0.2) is 55.6 Å². The van der Waals surface area contributed by atoms with Crippen LogP contribution in [0.5, 0.6) is 5.75 Å². The number of aliphatic hydroxyl groups excluding tert-OH is 1. The molecule has 0 bridgehead atoms. The number of nitrogens with zero attached hydrogens (tertiary/aromatic N) is 1. The number of hydrogen-bond donors (Lipinski definition) is 1. The lowest BCUT2D eigenvalue weighted by Crippen LogP contribution is -2.51. The first kappa shape index (κ1) is 15.8. The molecule has 1 N–H and O–H groups in total. The monoisotopic (exact) mass is 305 g/mol. The van der Waals surface area contributed by atoms with Crippen LogP contribution in [0.25, 0.3) is 0 Å². The maximum atomic E-state index is 10.2. The average Bonchev–Trinajstić information content (AvgIpc) is 2.99. The minimum absolute atomic E-state index is 0.143. The van der Waals surface area contributed by atoms with E-state index >= 15 is 0 Å². The van der Waals surface area contributed by atoms with Crippen LogP contribution in [0.1, 0.15) is 24.8 Å². The number of methoxy groups -OCH3 is 1. The van der Waals surface area contributed by atoms with Gasteiger partial charge in [-0.25, -0.2) is 0 Å². The van der Waals surface area contributed by atoms with Crippen LogP contribution in [-0.2, 0) is 11.2 Å². The minimum atomic E-state index is -0.143. The quantitative estimate of drug-likeness (QED) is 0.904. The van der Waals surface area contributed by atoms with Crippen molar-refractivity contribution in [1.82, 2.24) is 4.90 Å². The van der Waals surface area contributed by atoms with Gasteiger partial charge in [-0.2, -0.15) is 0 Å². The van der Waals surface area contributed by atoms with Crippen molar-refractivity contribution >= 4 is 0 Å². The molecule has 0 aromatic heterocycles. The highest BCUT2D eigenvalue weighted by atomic mass is 16.5. The number of rotatable bonds is 5. The van der Waals surface area contributed by atoms with E-state index in [0.29, 0.717) is 12.0 Å². The van der Waals surface area contributed by atoms with Gasteiger partial charge in [0.15, 0.2) is 0 Å². The molecule has 1 aromatic rings. The predicted octanol–water partition coefficient (Wildman–Crippen LogP) is 2.10. The van der Waals surface area contributed by atoms with Crippen molar-refractivity contribution in [3.63, 3.8) is 0 Å². The van der Waals surface area contributed by atoms with Crippen molar-refractivity contribution < 1.29 is 14.6 Å². The normalized spacial score (nSPS) is 29.6. The highest BCUT2D eigenvalue weighted by Gasteiger charge is 2.37. The van der Waals surface area contributed by atoms with Crippen molar-refractivity contribution in [1.29, 1.82) is 0 Å². The summed E-state index contributed by atoms with van der Waals surface area (Å²) in [5.74, 6) is 1.29. The molecule has 1 aromatic carbocycles. The zero-order valence-electron chi connectivity index (χ0n) is 13.4. The zero-order valence-corrected chi connectivity index (χ0v) is 13.4. The first-order valence-electron chi connectivity index (χ1n) is 8.40. The predicted molar refractivity (Wildman–Crippen MR) is 86.2 cm³/mol. The molecule has 0 amide bonds. The van der Waals surface area contributed by atoms with E-state index in [4.69, 9.17) is 9.47 Å². The third-order valence-electron chi connectivity index (χ3n) is 5.15. The molecule has 4 heteroatoms. The van der Waals surface area contributed by atoms with Crippen molar-refractivity contribution in [2.24, 2.45) is 5.92 Å². The van der Waals surface area contributed by atoms with Crippen molar-refractivity contribution in [3.8, 4) is 5.75 Å². The number of aliphatic hydroxyl groups is 1. The smallest absolute Gasteiger partial charge is 0.118 e. The van der Waals surface area contributed by atoms with Gasteiger partial charge >= 0.3 is 0 Å². The van der Waals surface area contributed by atoms with Gasteiger partial charge in [-0.05, 0) is 37.0 Å². The summed E-state index contributed by atoms with van der Waals surface area (Å²) in [4.78, 5) is 2.52. The Morgan fingerprint density at radius 2 is 2.09 bits per heavy atom. The fraction of sp³-hybridized carbons (Fsp3) is 0.667. The van der Waals surface area contributed by atoms with Gasteiger partial charge in [-0.3, -0.25) is 4.90 Å². The highest BCUT2D eigenvalue weighted by molar-refractivity contribution is 5.27. The van der Waals surface area contributed by atoms with Crippen LogP contribution in [0.3, 0.4) is 0 Å². The highest BCUT2D eigenvalue weighted by Crippen LogP contribution is 2.32. The van der Waals surface area contributed by atoms with E-state index in [1.54, 1.807) is 7.11 Å². The van der Waals surface area contributed by atoms with Crippen LogP contribution in [0, 0.1) is 5.92 Å². The molecule has 0 spiro atoms. The average molecular weight is 305 g/mol. The summed E-state index contributed by atoms with van der Waals surface area (Å²) in [6, 6.07) is 8.70. The Kier molecular flexibility index (Phi) is 5.34. The first-order chi connectivity index (χ1) is 10.8. The van der Waals surface area contributed by atoms with Gasteiger partial charge in [0.2, 0.25) is 0 Å². The second kappa shape index (κ2) is 7.44. The topological polar surface area (TPSA) is 41.9 Å². The van der Waals surface area contributed by atoms with Gasteiger partial charge in [0.1, 0.15) is 5.75 Å². The summed E-state index contributed by atoms with van der Waals surface area (Å²) in [7, 11) is 1.69. The Labute approximate surface area is 133 Å². The number of benzene rings is 1. The van der Waals surface area contributed by atoms with Crippen LogP contribution in [0.2, 0.25) is 0 Å². The van der Waals surface area contributed by atoms with Crippen LogP contribution >= 0.6 is 0 Å². The molecule has 3 atom stereocenters. The van der Waals surface area contributed by atoms with E-state index in [-0.39, 0.29) is 6.10 Å². The molecule has 1 heterocycles. The molecule has 1 saturated heterocycles. The molecule has 3 rings (SSSR count). The van der Waals surface area contributed by atoms with Crippen LogP contribution < -0.4 is 4.74 Å². The summed E-state index contributed by atoms with van der Waals surface area (Å²) >= 11 is 0. The number of morpholine rings is 1. The molecule has 4 nitrogen and oxygen atoms in total. The Morgan fingerprint density at radius 1 is 1.27 bits per heavy atom. The maximum absolute atomic E-state index is 10.2. The third-order valence-corrected chi connectivity index (χ3v) is 5.15. The Morgan fingerprint density at radius 3 is 2.77 bits per heavy atom. The lowest BCUT2D eigenvalue weighted by molar-refractivity contribution is -0.0494. The van der Waals surface area contributed by atoms with Gasteiger partial charge in [0, 0.05) is 25.0 Å². The second-order valence-corrected chi connectivity index (χ2v) is 6.44. The SMILES string of the molecule is COc1ccc(CCN2CCOC[C@@H]2[C@@H]2CCC[C@@H]2O)cc1. The largest absolute Gasteiger partial charge is 0.497 e. The van der Waals surface area contributed by atoms with E-state index in [0.717, 1.165) is 57.7 Å². The van der Waals surface area contributed by atoms with Gasteiger partial charge in [-0.1, -0.05) is 18.6 Å².